The lowest BCUT2D eigenvalue weighted by Gasteiger charge is -2.33. The van der Waals surface area contributed by atoms with Crippen LogP contribution in [0.4, 0.5) is 0 Å². The summed E-state index contributed by atoms with van der Waals surface area (Å²) in [4.78, 5) is 0. The fourth-order valence-corrected chi connectivity index (χ4v) is 9.24. The molecule has 9 aromatic rings. The van der Waals surface area contributed by atoms with Crippen LogP contribution >= 0.6 is 0 Å². The van der Waals surface area contributed by atoms with Gasteiger partial charge in [-0.3, -0.25) is 0 Å². The summed E-state index contributed by atoms with van der Waals surface area (Å²) in [6.45, 7) is 2.37. The zero-order valence-electron chi connectivity index (χ0n) is 25.2. The average molecular weight is 587 g/mol. The minimum absolute atomic E-state index is 0.121. The van der Waals surface area contributed by atoms with E-state index in [-0.39, 0.29) is 6.71 Å². The van der Waals surface area contributed by atoms with Crippen LogP contribution in [-0.2, 0) is 0 Å². The van der Waals surface area contributed by atoms with Crippen molar-refractivity contribution in [2.75, 3.05) is 0 Å². The number of aromatic nitrogens is 3. The number of fused-ring (bicyclic) bond motifs is 14. The first kappa shape index (κ1) is 23.7. The molecule has 214 valence electrons. The van der Waals surface area contributed by atoms with Crippen molar-refractivity contribution >= 4 is 94.6 Å². The van der Waals surface area contributed by atoms with Crippen LogP contribution in [-0.4, -0.2) is 20.4 Å². The van der Waals surface area contributed by atoms with Crippen LogP contribution in [0.3, 0.4) is 0 Å². The van der Waals surface area contributed by atoms with E-state index in [1.807, 2.05) is 0 Å². The van der Waals surface area contributed by atoms with Gasteiger partial charge < -0.3 is 18.1 Å². The number of hydrogen-bond donors (Lipinski definition) is 0. The smallest absolute Gasteiger partial charge is 0.252 e. The summed E-state index contributed by atoms with van der Waals surface area (Å²) in [6.07, 6.45) is 9.19. The molecular formula is C41H26BN3O. The predicted molar refractivity (Wildman–Crippen MR) is 192 cm³/mol. The lowest BCUT2D eigenvalue weighted by atomic mass is 9.34. The summed E-state index contributed by atoms with van der Waals surface area (Å²) in [7, 11) is 0. The van der Waals surface area contributed by atoms with Crippen molar-refractivity contribution in [3.8, 4) is 11.4 Å². The third-order valence-corrected chi connectivity index (χ3v) is 10.9. The molecule has 0 spiro atoms. The van der Waals surface area contributed by atoms with Gasteiger partial charge in [-0.05, 0) is 84.2 Å². The number of para-hydroxylation sites is 4. The normalized spacial score (nSPS) is 14.9. The summed E-state index contributed by atoms with van der Waals surface area (Å²) < 4.78 is 14.3. The molecule has 0 atom stereocenters. The van der Waals surface area contributed by atoms with Crippen LogP contribution < -0.4 is 16.4 Å². The number of hydrogen-bond acceptors (Lipinski definition) is 1. The number of furan rings is 1. The molecular weight excluding hydrogens is 561 g/mol. The minimum Gasteiger partial charge on any atom is -0.454 e. The van der Waals surface area contributed by atoms with Gasteiger partial charge in [0.15, 0.2) is 5.58 Å². The molecule has 0 bridgehead atoms. The van der Waals surface area contributed by atoms with Gasteiger partial charge in [0.2, 0.25) is 0 Å². The Bertz CT molecular complexity index is 2940. The Kier molecular flexibility index (Phi) is 4.08. The maximum absolute atomic E-state index is 6.62. The van der Waals surface area contributed by atoms with Gasteiger partial charge in [0.05, 0.1) is 27.6 Å². The summed E-state index contributed by atoms with van der Waals surface area (Å²) in [5, 5.41) is 4.94. The Morgan fingerprint density at radius 3 is 2.09 bits per heavy atom. The van der Waals surface area contributed by atoms with Crippen molar-refractivity contribution in [1.29, 1.82) is 0 Å². The van der Waals surface area contributed by atoms with E-state index in [4.69, 9.17) is 4.42 Å². The monoisotopic (exact) mass is 587 g/mol. The van der Waals surface area contributed by atoms with E-state index < -0.39 is 0 Å². The van der Waals surface area contributed by atoms with Crippen LogP contribution in [0, 0.1) is 6.92 Å². The Hall–Kier alpha value is -5.68. The maximum Gasteiger partial charge on any atom is 0.252 e. The third kappa shape index (κ3) is 2.56. The predicted octanol–water partition coefficient (Wildman–Crippen LogP) is 8.22. The van der Waals surface area contributed by atoms with E-state index >= 15 is 0 Å². The molecule has 0 saturated carbocycles. The van der Waals surface area contributed by atoms with Gasteiger partial charge >= 0.3 is 0 Å². The van der Waals surface area contributed by atoms with E-state index in [2.05, 4.69) is 136 Å². The van der Waals surface area contributed by atoms with Crippen LogP contribution in [0.15, 0.2) is 120 Å². The second kappa shape index (κ2) is 7.93. The fourth-order valence-electron chi connectivity index (χ4n) is 9.24. The van der Waals surface area contributed by atoms with Crippen molar-refractivity contribution in [2.45, 2.75) is 19.8 Å². The molecule has 3 aliphatic rings. The number of aryl methyl sites for hydroxylation is 1. The van der Waals surface area contributed by atoms with E-state index in [1.165, 1.54) is 88.3 Å². The molecule has 0 amide bonds. The first-order chi connectivity index (χ1) is 22.8. The van der Waals surface area contributed by atoms with Crippen molar-refractivity contribution in [1.82, 2.24) is 13.7 Å². The summed E-state index contributed by atoms with van der Waals surface area (Å²) in [6, 6.07) is 36.1. The molecule has 0 fully saturated rings. The number of benzene rings is 5. The van der Waals surface area contributed by atoms with Crippen LogP contribution in [0.2, 0.25) is 0 Å². The second-order valence-electron chi connectivity index (χ2n) is 13.2. The number of allylic oxidation sites excluding steroid dienone is 4. The highest BCUT2D eigenvalue weighted by molar-refractivity contribution is 7.00. The van der Waals surface area contributed by atoms with Gasteiger partial charge in [-0.25, -0.2) is 0 Å². The minimum atomic E-state index is 0.121. The van der Waals surface area contributed by atoms with Gasteiger partial charge in [-0.15, -0.1) is 0 Å². The topological polar surface area (TPSA) is 27.9 Å². The zero-order valence-corrected chi connectivity index (χ0v) is 25.2. The molecule has 0 N–H and O–H groups in total. The lowest BCUT2D eigenvalue weighted by Crippen LogP contribution is -2.59. The highest BCUT2D eigenvalue weighted by Gasteiger charge is 2.42. The molecule has 0 saturated heterocycles. The van der Waals surface area contributed by atoms with E-state index in [0.717, 1.165) is 29.4 Å². The molecule has 2 aliphatic heterocycles. The summed E-state index contributed by atoms with van der Waals surface area (Å²) in [5.41, 5.74) is 18.7. The molecule has 1 aliphatic carbocycles. The Morgan fingerprint density at radius 1 is 0.609 bits per heavy atom. The Balaban J connectivity index is 1.32. The van der Waals surface area contributed by atoms with Crippen molar-refractivity contribution in [2.24, 2.45) is 0 Å². The molecule has 12 rings (SSSR count). The largest absolute Gasteiger partial charge is 0.454 e. The van der Waals surface area contributed by atoms with Crippen LogP contribution in [0.1, 0.15) is 18.4 Å². The highest BCUT2D eigenvalue weighted by Crippen LogP contribution is 2.44. The molecule has 0 unspecified atom stereocenters. The number of rotatable bonds is 1. The molecule has 5 aromatic carbocycles. The van der Waals surface area contributed by atoms with Gasteiger partial charge in [0, 0.05) is 38.6 Å². The first-order valence-corrected chi connectivity index (χ1v) is 16.3. The van der Waals surface area contributed by atoms with Crippen molar-refractivity contribution in [3.63, 3.8) is 0 Å². The molecule has 0 radical (unpaired) electrons. The van der Waals surface area contributed by atoms with Crippen molar-refractivity contribution < 1.29 is 4.42 Å². The highest BCUT2D eigenvalue weighted by atomic mass is 16.3. The molecule has 4 aromatic heterocycles. The molecule has 46 heavy (non-hydrogen) atoms. The lowest BCUT2D eigenvalue weighted by molar-refractivity contribution is 0.673. The number of nitrogens with zero attached hydrogens (tertiary/aromatic N) is 3. The Morgan fingerprint density at radius 2 is 1.28 bits per heavy atom. The van der Waals surface area contributed by atoms with Gasteiger partial charge in [0.25, 0.3) is 6.71 Å². The average Bonchev–Trinajstić information content (AvgIpc) is 3.82. The standard InChI is InChI=1S/C41H26BN3O/c1-23-21-32-35-33(22-23)45-37-28(41-40(45)26-14-6-8-20-34(26)46-41)16-10-18-30(37)42(35)29-17-9-15-27-36(29)44(32)38-25-13-5-7-19-31(25)43(39(27)38)24-11-3-2-4-12-24/h3,5-22H,2,4H2,1H3. The molecule has 5 heteroatoms. The fraction of sp³-hybridized carbons (Fsp3) is 0.0732. The van der Waals surface area contributed by atoms with E-state index in [0.29, 0.717) is 0 Å². The quantitative estimate of drug-likeness (QED) is 0.178. The van der Waals surface area contributed by atoms with Crippen LogP contribution in [0.25, 0.3) is 82.9 Å². The maximum atomic E-state index is 6.62. The van der Waals surface area contributed by atoms with Gasteiger partial charge in [-0.1, -0.05) is 72.8 Å². The van der Waals surface area contributed by atoms with Gasteiger partial charge in [-0.2, -0.15) is 0 Å². The van der Waals surface area contributed by atoms with Gasteiger partial charge in [0.1, 0.15) is 11.1 Å². The SMILES string of the molecule is Cc1cc2c3c(c1)-n1c4c(cccc4c4c1c1ccccc1n4C1=CCCC=C1)B3c1cccc3c4oc5ccccc5c4n-2c13. The Labute approximate surface area is 264 Å². The zero-order chi connectivity index (χ0) is 29.8. The third-order valence-electron chi connectivity index (χ3n) is 10.9. The molecule has 6 heterocycles. The van der Waals surface area contributed by atoms with Crippen molar-refractivity contribution in [3.05, 3.63) is 121 Å². The summed E-state index contributed by atoms with van der Waals surface area (Å²) in [5.74, 6) is 0. The molecule has 4 nitrogen and oxygen atoms in total. The first-order valence-electron chi connectivity index (χ1n) is 16.3. The van der Waals surface area contributed by atoms with E-state index in [9.17, 15) is 0 Å². The summed E-state index contributed by atoms with van der Waals surface area (Å²) >= 11 is 0. The second-order valence-corrected chi connectivity index (χ2v) is 13.2. The van der Waals surface area contributed by atoms with Crippen LogP contribution in [0.5, 0.6) is 0 Å². The van der Waals surface area contributed by atoms with E-state index in [1.54, 1.807) is 0 Å².